The summed E-state index contributed by atoms with van der Waals surface area (Å²) in [6, 6.07) is 16.1. The van der Waals surface area contributed by atoms with Crippen LogP contribution >= 0.6 is 0 Å². The van der Waals surface area contributed by atoms with Gasteiger partial charge in [-0.25, -0.2) is 4.98 Å². The number of para-hydroxylation sites is 1. The number of fused-ring (bicyclic) bond motifs is 1. The lowest BCUT2D eigenvalue weighted by Crippen LogP contribution is -2.31. The molecule has 0 bridgehead atoms. The van der Waals surface area contributed by atoms with E-state index in [4.69, 9.17) is 0 Å². The van der Waals surface area contributed by atoms with Crippen molar-refractivity contribution in [3.8, 4) is 5.75 Å². The Hall–Kier alpha value is -3.29. The number of hydrogen-bond acceptors (Lipinski definition) is 5. The molecule has 1 aliphatic heterocycles. The third-order valence-electron chi connectivity index (χ3n) is 5.10. The fourth-order valence-electron chi connectivity index (χ4n) is 3.54. The highest BCUT2D eigenvalue weighted by Gasteiger charge is 2.31. The van der Waals surface area contributed by atoms with Gasteiger partial charge in [0.15, 0.2) is 0 Å². The van der Waals surface area contributed by atoms with Crippen molar-refractivity contribution in [2.75, 3.05) is 16.8 Å². The minimum absolute atomic E-state index is 0.196. The quantitative estimate of drug-likeness (QED) is 0.556. The maximum absolute atomic E-state index is 12.6. The van der Waals surface area contributed by atoms with Crippen molar-refractivity contribution in [2.45, 2.75) is 39.1 Å². The normalized spacial score (nSPS) is 13.8. The molecule has 5 nitrogen and oxygen atoms in total. The van der Waals surface area contributed by atoms with Gasteiger partial charge < -0.3 is 15.0 Å². The van der Waals surface area contributed by atoms with Crippen molar-refractivity contribution >= 4 is 17.5 Å². The summed E-state index contributed by atoms with van der Waals surface area (Å²) in [5.41, 5.74) is 3.59. The van der Waals surface area contributed by atoms with Crippen molar-refractivity contribution in [1.82, 2.24) is 9.97 Å². The molecule has 0 unspecified atom stereocenters. The van der Waals surface area contributed by atoms with Gasteiger partial charge in [0, 0.05) is 24.8 Å². The van der Waals surface area contributed by atoms with Gasteiger partial charge in [-0.3, -0.25) is 0 Å². The van der Waals surface area contributed by atoms with Crippen LogP contribution in [0.2, 0.25) is 0 Å². The van der Waals surface area contributed by atoms with Crippen LogP contribution in [-0.4, -0.2) is 22.9 Å². The number of benzene rings is 2. The summed E-state index contributed by atoms with van der Waals surface area (Å²) in [6.45, 7) is 5.28. The van der Waals surface area contributed by atoms with Crippen molar-refractivity contribution in [3.05, 3.63) is 71.4 Å². The van der Waals surface area contributed by atoms with Crippen LogP contribution in [0, 0.1) is 0 Å². The molecule has 0 saturated carbocycles. The highest BCUT2D eigenvalue weighted by molar-refractivity contribution is 5.56. The Morgan fingerprint density at radius 1 is 1.00 bits per heavy atom. The fourth-order valence-corrected chi connectivity index (χ4v) is 3.54. The number of aromatic nitrogens is 2. The first-order valence-corrected chi connectivity index (χ1v) is 10.1. The number of halogens is 3. The van der Waals surface area contributed by atoms with Gasteiger partial charge in [-0.15, -0.1) is 13.2 Å². The van der Waals surface area contributed by atoms with Gasteiger partial charge in [-0.1, -0.05) is 38.1 Å². The molecule has 0 amide bonds. The Balaban J connectivity index is 1.61. The third kappa shape index (κ3) is 5.25. The van der Waals surface area contributed by atoms with Gasteiger partial charge in [-0.05, 0) is 47.7 Å². The maximum atomic E-state index is 12.6. The second kappa shape index (κ2) is 8.45. The van der Waals surface area contributed by atoms with Crippen molar-refractivity contribution < 1.29 is 17.9 Å². The summed E-state index contributed by atoms with van der Waals surface area (Å²) >= 11 is 0. The predicted molar refractivity (Wildman–Crippen MR) is 114 cm³/mol. The topological polar surface area (TPSA) is 50.3 Å². The first-order chi connectivity index (χ1) is 14.8. The van der Waals surface area contributed by atoms with E-state index in [-0.39, 0.29) is 11.7 Å². The number of anilines is 3. The third-order valence-corrected chi connectivity index (χ3v) is 5.10. The van der Waals surface area contributed by atoms with Gasteiger partial charge in [0.1, 0.15) is 11.6 Å². The lowest BCUT2D eigenvalue weighted by Gasteiger charge is -2.30. The highest BCUT2D eigenvalue weighted by atomic mass is 19.4. The zero-order chi connectivity index (χ0) is 22.0. The van der Waals surface area contributed by atoms with E-state index in [9.17, 15) is 13.2 Å². The standard InChI is InChI=1S/C23H23F3N4O/c1-15(2)20-13-21(29-22(28-20)27-18-6-4-3-5-7-18)30-11-10-16-8-9-19(12-17(16)14-30)31-23(24,25)26/h3-9,12-13,15H,10-11,14H2,1-2H3,(H,27,28,29). The average molecular weight is 428 g/mol. The van der Waals surface area contributed by atoms with Gasteiger partial charge in [0.05, 0.1) is 5.69 Å². The first kappa shape index (κ1) is 21.0. The molecule has 2 aromatic carbocycles. The summed E-state index contributed by atoms with van der Waals surface area (Å²) in [6.07, 6.45) is -4.00. The molecule has 3 aromatic rings. The number of nitrogens with zero attached hydrogens (tertiary/aromatic N) is 3. The molecular weight excluding hydrogens is 405 g/mol. The maximum Gasteiger partial charge on any atom is 0.573 e. The highest BCUT2D eigenvalue weighted by Crippen LogP contribution is 2.31. The zero-order valence-electron chi connectivity index (χ0n) is 17.3. The number of rotatable bonds is 5. The number of ether oxygens (including phenoxy) is 1. The van der Waals surface area contributed by atoms with Crippen LogP contribution in [0.15, 0.2) is 54.6 Å². The second-order valence-electron chi connectivity index (χ2n) is 7.77. The van der Waals surface area contributed by atoms with Crippen LogP contribution in [0.25, 0.3) is 0 Å². The SMILES string of the molecule is CC(C)c1cc(N2CCc3ccc(OC(F)(F)F)cc3C2)nc(Nc2ccccc2)n1. The summed E-state index contributed by atoms with van der Waals surface area (Å²) in [4.78, 5) is 11.4. The lowest BCUT2D eigenvalue weighted by atomic mass is 9.99. The number of nitrogens with one attached hydrogen (secondary N) is 1. The van der Waals surface area contributed by atoms with Crippen molar-refractivity contribution in [2.24, 2.45) is 0 Å². The van der Waals surface area contributed by atoms with E-state index in [1.807, 2.05) is 36.4 Å². The molecule has 0 atom stereocenters. The lowest BCUT2D eigenvalue weighted by molar-refractivity contribution is -0.274. The molecule has 162 valence electrons. The molecule has 2 heterocycles. The smallest absolute Gasteiger partial charge is 0.406 e. The molecular formula is C23H23F3N4O. The first-order valence-electron chi connectivity index (χ1n) is 10.1. The Morgan fingerprint density at radius 3 is 2.48 bits per heavy atom. The Kier molecular flexibility index (Phi) is 5.71. The summed E-state index contributed by atoms with van der Waals surface area (Å²) in [5.74, 6) is 1.23. The van der Waals surface area contributed by atoms with E-state index in [1.165, 1.54) is 12.1 Å². The van der Waals surface area contributed by atoms with E-state index in [0.717, 1.165) is 28.3 Å². The van der Waals surface area contributed by atoms with Gasteiger partial charge in [-0.2, -0.15) is 4.98 Å². The number of hydrogen-bond donors (Lipinski definition) is 1. The minimum atomic E-state index is -4.71. The molecule has 1 N–H and O–H groups in total. The van der Waals surface area contributed by atoms with Gasteiger partial charge in [0.25, 0.3) is 0 Å². The molecule has 4 rings (SSSR count). The Labute approximate surface area is 178 Å². The molecule has 0 radical (unpaired) electrons. The van der Waals surface area contributed by atoms with Crippen molar-refractivity contribution in [3.63, 3.8) is 0 Å². The molecule has 1 aromatic heterocycles. The van der Waals surface area contributed by atoms with Crippen LogP contribution in [-0.2, 0) is 13.0 Å². The molecule has 1 aliphatic rings. The second-order valence-corrected chi connectivity index (χ2v) is 7.77. The molecule has 0 fully saturated rings. The van der Waals surface area contributed by atoms with E-state index in [1.54, 1.807) is 6.07 Å². The Bertz CT molecular complexity index is 1050. The molecule has 0 aliphatic carbocycles. The summed E-state index contributed by atoms with van der Waals surface area (Å²) < 4.78 is 41.9. The molecule has 0 spiro atoms. The van der Waals surface area contributed by atoms with E-state index in [2.05, 4.69) is 38.8 Å². The molecule has 31 heavy (non-hydrogen) atoms. The largest absolute Gasteiger partial charge is 0.573 e. The molecule has 8 heteroatoms. The molecule has 0 saturated heterocycles. The average Bonchev–Trinajstić information content (AvgIpc) is 2.72. The van der Waals surface area contributed by atoms with E-state index in [0.29, 0.717) is 25.5 Å². The van der Waals surface area contributed by atoms with E-state index < -0.39 is 6.36 Å². The minimum Gasteiger partial charge on any atom is -0.406 e. The van der Waals surface area contributed by atoms with Crippen molar-refractivity contribution in [1.29, 1.82) is 0 Å². The predicted octanol–water partition coefficient (Wildman–Crippen LogP) is 5.80. The van der Waals surface area contributed by atoms with E-state index >= 15 is 0 Å². The van der Waals surface area contributed by atoms with Gasteiger partial charge >= 0.3 is 6.36 Å². The van der Waals surface area contributed by atoms with Crippen LogP contribution < -0.4 is 15.0 Å². The van der Waals surface area contributed by atoms with Gasteiger partial charge in [0.2, 0.25) is 5.95 Å². The van der Waals surface area contributed by atoms with Crippen LogP contribution in [0.5, 0.6) is 5.75 Å². The van der Waals surface area contributed by atoms with Crippen LogP contribution in [0.1, 0.15) is 36.6 Å². The zero-order valence-corrected chi connectivity index (χ0v) is 17.3. The van der Waals surface area contributed by atoms with Crippen LogP contribution in [0.4, 0.5) is 30.6 Å². The number of alkyl halides is 3. The Morgan fingerprint density at radius 2 is 1.77 bits per heavy atom. The summed E-state index contributed by atoms with van der Waals surface area (Å²) in [7, 11) is 0. The monoisotopic (exact) mass is 428 g/mol. The van der Waals surface area contributed by atoms with Crippen LogP contribution in [0.3, 0.4) is 0 Å². The fraction of sp³-hybridized carbons (Fsp3) is 0.304. The summed E-state index contributed by atoms with van der Waals surface area (Å²) in [5, 5.41) is 3.24.